The summed E-state index contributed by atoms with van der Waals surface area (Å²) in [4.78, 5) is 0. The second kappa shape index (κ2) is 3.78. The van der Waals surface area contributed by atoms with E-state index in [9.17, 15) is 0 Å². The number of hydrogen-bond donors (Lipinski definition) is 1. The molecule has 0 aromatic heterocycles. The third kappa shape index (κ3) is 1.66. The Hall–Kier alpha value is -0.0400. The largest absolute Gasteiger partial charge is 0.327 e. The van der Waals surface area contributed by atoms with Crippen LogP contribution in [0.15, 0.2) is 0 Å². The van der Waals surface area contributed by atoms with Crippen LogP contribution in [0.25, 0.3) is 0 Å². The Morgan fingerprint density at radius 2 is 1.33 bits per heavy atom. The Kier molecular flexibility index (Phi) is 2.69. The molecule has 70 valence electrons. The van der Waals surface area contributed by atoms with E-state index < -0.39 is 0 Å². The Morgan fingerprint density at radius 3 is 2.00 bits per heavy atom. The third-order valence-electron chi connectivity index (χ3n) is 3.88. The molecule has 0 bridgehead atoms. The predicted molar refractivity (Wildman–Crippen MR) is 51.9 cm³/mol. The van der Waals surface area contributed by atoms with E-state index in [0.29, 0.717) is 6.04 Å². The lowest BCUT2D eigenvalue weighted by Crippen LogP contribution is -2.36. The highest BCUT2D eigenvalue weighted by atomic mass is 14.7. The molecule has 2 fully saturated rings. The van der Waals surface area contributed by atoms with Gasteiger partial charge in [0.15, 0.2) is 0 Å². The standard InChI is InChI=1S/C11H21N/c12-11-8-4-3-7-10(11)9-5-1-2-6-9/h9-11H,1-8,12H2/t10-,11-/m0/s1. The van der Waals surface area contributed by atoms with Crippen molar-refractivity contribution in [3.63, 3.8) is 0 Å². The predicted octanol–water partition coefficient (Wildman–Crippen LogP) is 2.69. The van der Waals surface area contributed by atoms with E-state index in [2.05, 4.69) is 0 Å². The molecular weight excluding hydrogens is 146 g/mol. The molecule has 0 spiro atoms. The van der Waals surface area contributed by atoms with Crippen molar-refractivity contribution < 1.29 is 0 Å². The van der Waals surface area contributed by atoms with Crippen LogP contribution in [0, 0.1) is 11.8 Å². The first-order valence-electron chi connectivity index (χ1n) is 5.63. The summed E-state index contributed by atoms with van der Waals surface area (Å²) in [7, 11) is 0. The van der Waals surface area contributed by atoms with Crippen LogP contribution in [0.3, 0.4) is 0 Å². The molecule has 0 aliphatic heterocycles. The summed E-state index contributed by atoms with van der Waals surface area (Å²) < 4.78 is 0. The molecule has 0 heterocycles. The topological polar surface area (TPSA) is 26.0 Å². The van der Waals surface area contributed by atoms with Crippen molar-refractivity contribution in [3.05, 3.63) is 0 Å². The molecule has 2 atom stereocenters. The molecule has 0 saturated heterocycles. The second-order valence-corrected chi connectivity index (χ2v) is 4.66. The van der Waals surface area contributed by atoms with Crippen molar-refractivity contribution in [2.45, 2.75) is 57.4 Å². The van der Waals surface area contributed by atoms with E-state index in [1.807, 2.05) is 0 Å². The summed E-state index contributed by atoms with van der Waals surface area (Å²) >= 11 is 0. The fraction of sp³-hybridized carbons (Fsp3) is 1.00. The molecule has 0 radical (unpaired) electrons. The lowest BCUT2D eigenvalue weighted by molar-refractivity contribution is 0.217. The van der Waals surface area contributed by atoms with E-state index in [-0.39, 0.29) is 0 Å². The number of nitrogens with two attached hydrogens (primary N) is 1. The van der Waals surface area contributed by atoms with Crippen molar-refractivity contribution in [2.75, 3.05) is 0 Å². The monoisotopic (exact) mass is 167 g/mol. The SMILES string of the molecule is N[C@H]1CCCC[C@H]1C1CCCC1. The Bertz CT molecular complexity index is 138. The van der Waals surface area contributed by atoms with Gasteiger partial charge in [-0.25, -0.2) is 0 Å². The van der Waals surface area contributed by atoms with Gasteiger partial charge in [0.2, 0.25) is 0 Å². The van der Waals surface area contributed by atoms with E-state index in [1.165, 1.54) is 51.4 Å². The van der Waals surface area contributed by atoms with Gasteiger partial charge < -0.3 is 5.73 Å². The molecular formula is C11H21N. The van der Waals surface area contributed by atoms with E-state index in [1.54, 1.807) is 0 Å². The normalized spacial score (nSPS) is 38.8. The first kappa shape index (κ1) is 8.55. The summed E-state index contributed by atoms with van der Waals surface area (Å²) in [5.74, 6) is 1.89. The van der Waals surface area contributed by atoms with Gasteiger partial charge in [0.1, 0.15) is 0 Å². The summed E-state index contributed by atoms with van der Waals surface area (Å²) in [5.41, 5.74) is 6.16. The fourth-order valence-corrected chi connectivity index (χ4v) is 3.16. The Labute approximate surface area is 75.7 Å². The molecule has 0 unspecified atom stereocenters. The molecule has 12 heavy (non-hydrogen) atoms. The van der Waals surface area contributed by atoms with Gasteiger partial charge in [-0.1, -0.05) is 38.5 Å². The molecule has 0 amide bonds. The minimum Gasteiger partial charge on any atom is -0.327 e. The van der Waals surface area contributed by atoms with E-state index >= 15 is 0 Å². The van der Waals surface area contributed by atoms with Crippen LogP contribution >= 0.6 is 0 Å². The van der Waals surface area contributed by atoms with Gasteiger partial charge in [0.05, 0.1) is 0 Å². The van der Waals surface area contributed by atoms with E-state index in [0.717, 1.165) is 11.8 Å². The molecule has 1 heteroatoms. The van der Waals surface area contributed by atoms with Crippen molar-refractivity contribution in [2.24, 2.45) is 17.6 Å². The van der Waals surface area contributed by atoms with Gasteiger partial charge in [0.25, 0.3) is 0 Å². The average molecular weight is 167 g/mol. The maximum atomic E-state index is 6.16. The van der Waals surface area contributed by atoms with Crippen LogP contribution in [0.2, 0.25) is 0 Å². The molecule has 2 saturated carbocycles. The molecule has 2 rings (SSSR count). The zero-order chi connectivity index (χ0) is 8.39. The lowest BCUT2D eigenvalue weighted by atomic mass is 9.76. The van der Waals surface area contributed by atoms with Crippen LogP contribution in [0.5, 0.6) is 0 Å². The molecule has 0 aromatic carbocycles. The summed E-state index contributed by atoms with van der Waals surface area (Å²) in [6, 6.07) is 0.543. The highest BCUT2D eigenvalue weighted by molar-refractivity contribution is 4.85. The van der Waals surface area contributed by atoms with Gasteiger partial charge >= 0.3 is 0 Å². The minimum atomic E-state index is 0.543. The van der Waals surface area contributed by atoms with Crippen molar-refractivity contribution in [3.8, 4) is 0 Å². The van der Waals surface area contributed by atoms with Gasteiger partial charge in [0, 0.05) is 6.04 Å². The molecule has 0 aromatic rings. The van der Waals surface area contributed by atoms with Crippen LogP contribution in [0.4, 0.5) is 0 Å². The maximum absolute atomic E-state index is 6.16. The summed E-state index contributed by atoms with van der Waals surface area (Å²) in [5, 5.41) is 0. The van der Waals surface area contributed by atoms with Crippen LogP contribution in [0.1, 0.15) is 51.4 Å². The zero-order valence-electron chi connectivity index (χ0n) is 7.97. The van der Waals surface area contributed by atoms with Crippen molar-refractivity contribution >= 4 is 0 Å². The van der Waals surface area contributed by atoms with Crippen LogP contribution in [-0.4, -0.2) is 6.04 Å². The highest BCUT2D eigenvalue weighted by Gasteiger charge is 2.30. The molecule has 2 aliphatic carbocycles. The first-order valence-corrected chi connectivity index (χ1v) is 5.63. The van der Waals surface area contributed by atoms with Gasteiger partial charge in [-0.2, -0.15) is 0 Å². The van der Waals surface area contributed by atoms with Crippen molar-refractivity contribution in [1.29, 1.82) is 0 Å². The number of hydrogen-bond acceptors (Lipinski definition) is 1. The quantitative estimate of drug-likeness (QED) is 0.638. The van der Waals surface area contributed by atoms with Gasteiger partial charge in [-0.05, 0) is 24.7 Å². The number of rotatable bonds is 1. The lowest BCUT2D eigenvalue weighted by Gasteiger charge is -2.33. The highest BCUT2D eigenvalue weighted by Crippen LogP contribution is 2.38. The molecule has 2 aliphatic rings. The average Bonchev–Trinajstić information content (AvgIpc) is 2.57. The Balaban J connectivity index is 1.91. The van der Waals surface area contributed by atoms with Crippen LogP contribution < -0.4 is 5.73 Å². The second-order valence-electron chi connectivity index (χ2n) is 4.66. The molecule has 2 N–H and O–H groups in total. The van der Waals surface area contributed by atoms with Gasteiger partial charge in [-0.3, -0.25) is 0 Å². The van der Waals surface area contributed by atoms with E-state index in [4.69, 9.17) is 5.73 Å². The summed E-state index contributed by atoms with van der Waals surface area (Å²) in [6.07, 6.45) is 11.4. The van der Waals surface area contributed by atoms with Gasteiger partial charge in [-0.15, -0.1) is 0 Å². The third-order valence-corrected chi connectivity index (χ3v) is 3.88. The van der Waals surface area contributed by atoms with Crippen LogP contribution in [-0.2, 0) is 0 Å². The molecule has 1 nitrogen and oxygen atoms in total. The van der Waals surface area contributed by atoms with Crippen molar-refractivity contribution in [1.82, 2.24) is 0 Å². The zero-order valence-corrected chi connectivity index (χ0v) is 7.97. The first-order chi connectivity index (χ1) is 5.88. The Morgan fingerprint density at radius 1 is 0.750 bits per heavy atom. The smallest absolute Gasteiger partial charge is 0.00698 e. The minimum absolute atomic E-state index is 0.543. The fourth-order valence-electron chi connectivity index (χ4n) is 3.16. The maximum Gasteiger partial charge on any atom is 0.00698 e. The summed E-state index contributed by atoms with van der Waals surface area (Å²) in [6.45, 7) is 0.